The molecular formula is C19H11F2N3. The summed E-state index contributed by atoms with van der Waals surface area (Å²) >= 11 is 0. The molecule has 2 aromatic carbocycles. The minimum atomic E-state index is -0.901. The first kappa shape index (κ1) is 14.4. The summed E-state index contributed by atoms with van der Waals surface area (Å²) in [6.07, 6.45) is 1.74. The highest BCUT2D eigenvalue weighted by Gasteiger charge is 2.09. The largest absolute Gasteiger partial charge is 0.244 e. The Kier molecular flexibility index (Phi) is 3.46. The van der Waals surface area contributed by atoms with Crippen LogP contribution in [0.15, 0.2) is 66.9 Å². The quantitative estimate of drug-likeness (QED) is 0.540. The molecule has 0 radical (unpaired) electrons. The predicted octanol–water partition coefficient (Wildman–Crippen LogP) is 4.64. The van der Waals surface area contributed by atoms with Gasteiger partial charge in [-0.05, 0) is 36.4 Å². The van der Waals surface area contributed by atoms with Gasteiger partial charge in [0.15, 0.2) is 17.5 Å². The minimum absolute atomic E-state index is 0.484. The lowest BCUT2D eigenvalue weighted by molar-refractivity contribution is 0.509. The van der Waals surface area contributed by atoms with E-state index in [4.69, 9.17) is 0 Å². The van der Waals surface area contributed by atoms with Crippen molar-refractivity contribution in [1.29, 1.82) is 0 Å². The molecule has 0 N–H and O–H groups in total. The summed E-state index contributed by atoms with van der Waals surface area (Å²) in [4.78, 5) is 13.3. The first-order valence-electron chi connectivity index (χ1n) is 7.35. The van der Waals surface area contributed by atoms with Gasteiger partial charge in [-0.3, -0.25) is 0 Å². The first-order chi connectivity index (χ1) is 11.7. The average molecular weight is 319 g/mol. The van der Waals surface area contributed by atoms with Crippen LogP contribution in [0.1, 0.15) is 0 Å². The summed E-state index contributed by atoms with van der Waals surface area (Å²) < 4.78 is 26.5. The van der Waals surface area contributed by atoms with Gasteiger partial charge in [0.05, 0.1) is 11.2 Å². The molecule has 0 unspecified atom stereocenters. The van der Waals surface area contributed by atoms with Crippen LogP contribution in [0.3, 0.4) is 0 Å². The summed E-state index contributed by atoms with van der Waals surface area (Å²) in [6.45, 7) is 0. The lowest BCUT2D eigenvalue weighted by atomic mass is 10.1. The maximum Gasteiger partial charge on any atom is 0.178 e. The minimum Gasteiger partial charge on any atom is -0.244 e. The fourth-order valence-electron chi connectivity index (χ4n) is 2.47. The van der Waals surface area contributed by atoms with Crippen molar-refractivity contribution in [2.45, 2.75) is 0 Å². The van der Waals surface area contributed by atoms with Crippen LogP contribution in [0.25, 0.3) is 33.7 Å². The number of fused-ring (bicyclic) bond motifs is 1. The zero-order valence-corrected chi connectivity index (χ0v) is 12.4. The topological polar surface area (TPSA) is 38.7 Å². The maximum atomic E-state index is 13.4. The lowest BCUT2D eigenvalue weighted by Crippen LogP contribution is -1.94. The Hall–Kier alpha value is -3.21. The van der Waals surface area contributed by atoms with Gasteiger partial charge in [0.1, 0.15) is 5.69 Å². The van der Waals surface area contributed by atoms with Crippen molar-refractivity contribution in [2.24, 2.45) is 0 Å². The summed E-state index contributed by atoms with van der Waals surface area (Å²) in [5, 5.41) is 0.943. The number of halogens is 2. The molecule has 0 fully saturated rings. The number of rotatable bonds is 2. The van der Waals surface area contributed by atoms with Crippen LogP contribution in [0.2, 0.25) is 0 Å². The Morgan fingerprint density at radius 2 is 1.54 bits per heavy atom. The third-order valence-corrected chi connectivity index (χ3v) is 3.68. The van der Waals surface area contributed by atoms with E-state index in [0.717, 1.165) is 23.0 Å². The van der Waals surface area contributed by atoms with E-state index in [9.17, 15) is 8.78 Å². The molecule has 116 valence electrons. The van der Waals surface area contributed by atoms with Gasteiger partial charge in [-0.1, -0.05) is 24.3 Å². The number of para-hydroxylation sites is 1. The summed E-state index contributed by atoms with van der Waals surface area (Å²) in [7, 11) is 0. The number of hydrogen-bond donors (Lipinski definition) is 0. The molecule has 0 saturated heterocycles. The molecule has 24 heavy (non-hydrogen) atoms. The van der Waals surface area contributed by atoms with Crippen LogP contribution >= 0.6 is 0 Å². The molecule has 0 saturated carbocycles. The van der Waals surface area contributed by atoms with Crippen molar-refractivity contribution in [3.05, 3.63) is 78.5 Å². The van der Waals surface area contributed by atoms with Crippen molar-refractivity contribution >= 4 is 10.9 Å². The SMILES string of the molecule is Fc1ccc(-c2cccc(-c3ncc4ccccc4n3)n2)cc1F. The highest BCUT2D eigenvalue weighted by atomic mass is 19.2. The lowest BCUT2D eigenvalue weighted by Gasteiger charge is -2.05. The van der Waals surface area contributed by atoms with E-state index >= 15 is 0 Å². The number of pyridine rings is 1. The molecular weight excluding hydrogens is 308 g/mol. The normalized spacial score (nSPS) is 10.9. The molecule has 0 aliphatic carbocycles. The Labute approximate surface area is 136 Å². The molecule has 2 heterocycles. The molecule has 5 heteroatoms. The van der Waals surface area contributed by atoms with Gasteiger partial charge in [-0.25, -0.2) is 23.7 Å². The van der Waals surface area contributed by atoms with Gasteiger partial charge in [-0.2, -0.15) is 0 Å². The summed E-state index contributed by atoms with van der Waals surface area (Å²) in [5.41, 5.74) is 2.42. The van der Waals surface area contributed by atoms with Crippen LogP contribution < -0.4 is 0 Å². The van der Waals surface area contributed by atoms with Crippen LogP contribution in [0.4, 0.5) is 8.78 Å². The van der Waals surface area contributed by atoms with E-state index < -0.39 is 11.6 Å². The molecule has 0 amide bonds. The van der Waals surface area contributed by atoms with Gasteiger partial charge in [-0.15, -0.1) is 0 Å². The van der Waals surface area contributed by atoms with Crippen molar-refractivity contribution in [3.63, 3.8) is 0 Å². The molecule has 0 aliphatic heterocycles. The van der Waals surface area contributed by atoms with Crippen molar-refractivity contribution in [2.75, 3.05) is 0 Å². The van der Waals surface area contributed by atoms with Crippen LogP contribution in [0, 0.1) is 11.6 Å². The van der Waals surface area contributed by atoms with Gasteiger partial charge in [0, 0.05) is 17.1 Å². The molecule has 4 rings (SSSR count). The Morgan fingerprint density at radius 3 is 2.42 bits per heavy atom. The zero-order valence-electron chi connectivity index (χ0n) is 12.4. The molecule has 0 aliphatic rings. The number of aromatic nitrogens is 3. The highest BCUT2D eigenvalue weighted by molar-refractivity contribution is 5.79. The van der Waals surface area contributed by atoms with E-state index in [1.807, 2.05) is 24.3 Å². The van der Waals surface area contributed by atoms with E-state index in [1.165, 1.54) is 6.07 Å². The van der Waals surface area contributed by atoms with Crippen LogP contribution in [-0.2, 0) is 0 Å². The second-order valence-electron chi connectivity index (χ2n) is 5.29. The van der Waals surface area contributed by atoms with E-state index in [-0.39, 0.29) is 0 Å². The fourth-order valence-corrected chi connectivity index (χ4v) is 2.47. The van der Waals surface area contributed by atoms with Crippen LogP contribution in [0.5, 0.6) is 0 Å². The second kappa shape index (κ2) is 5.77. The van der Waals surface area contributed by atoms with E-state index in [0.29, 0.717) is 22.8 Å². The molecule has 0 bridgehead atoms. The maximum absolute atomic E-state index is 13.4. The van der Waals surface area contributed by atoms with Crippen molar-refractivity contribution in [1.82, 2.24) is 15.0 Å². The third kappa shape index (κ3) is 2.60. The summed E-state index contributed by atoms with van der Waals surface area (Å²) in [5.74, 6) is -1.30. The second-order valence-corrected chi connectivity index (χ2v) is 5.29. The number of benzene rings is 2. The predicted molar refractivity (Wildman–Crippen MR) is 88.1 cm³/mol. The average Bonchev–Trinajstić information content (AvgIpc) is 2.64. The third-order valence-electron chi connectivity index (χ3n) is 3.68. The number of nitrogens with zero attached hydrogens (tertiary/aromatic N) is 3. The molecule has 0 spiro atoms. The van der Waals surface area contributed by atoms with Crippen molar-refractivity contribution in [3.8, 4) is 22.8 Å². The van der Waals surface area contributed by atoms with Crippen LogP contribution in [-0.4, -0.2) is 15.0 Å². The van der Waals surface area contributed by atoms with Gasteiger partial charge < -0.3 is 0 Å². The fraction of sp³-hybridized carbons (Fsp3) is 0. The van der Waals surface area contributed by atoms with Gasteiger partial charge in [0.25, 0.3) is 0 Å². The van der Waals surface area contributed by atoms with E-state index in [1.54, 1.807) is 24.4 Å². The van der Waals surface area contributed by atoms with E-state index in [2.05, 4.69) is 15.0 Å². The number of hydrogen-bond acceptors (Lipinski definition) is 3. The zero-order chi connectivity index (χ0) is 16.5. The smallest absolute Gasteiger partial charge is 0.178 e. The molecule has 0 atom stereocenters. The Morgan fingerprint density at radius 1 is 0.708 bits per heavy atom. The molecule has 3 nitrogen and oxygen atoms in total. The first-order valence-corrected chi connectivity index (χ1v) is 7.35. The molecule has 4 aromatic rings. The van der Waals surface area contributed by atoms with Crippen molar-refractivity contribution < 1.29 is 8.78 Å². The summed E-state index contributed by atoms with van der Waals surface area (Å²) in [6, 6.07) is 16.7. The standard InChI is InChI=1S/C19H11F2N3/c20-14-9-8-12(10-15(14)21)16-6-3-7-18(23-16)19-22-11-13-4-1-2-5-17(13)24-19/h1-11H. The Bertz CT molecular complexity index is 1050. The highest BCUT2D eigenvalue weighted by Crippen LogP contribution is 2.23. The van der Waals surface area contributed by atoms with Gasteiger partial charge in [0.2, 0.25) is 0 Å². The molecule has 2 aromatic heterocycles. The monoisotopic (exact) mass is 319 g/mol. The Balaban J connectivity index is 1.79. The van der Waals surface area contributed by atoms with Gasteiger partial charge >= 0.3 is 0 Å².